The van der Waals surface area contributed by atoms with Gasteiger partial charge in [-0.15, -0.1) is 0 Å². The highest BCUT2D eigenvalue weighted by Gasteiger charge is 2.39. The van der Waals surface area contributed by atoms with Gasteiger partial charge in [0.25, 0.3) is 0 Å². The highest BCUT2D eigenvalue weighted by atomic mass is 16.4. The molecule has 0 aliphatic rings. The lowest BCUT2D eigenvalue weighted by molar-refractivity contribution is -0.143. The molecule has 18 heavy (non-hydrogen) atoms. The van der Waals surface area contributed by atoms with E-state index in [0.29, 0.717) is 13.0 Å². The van der Waals surface area contributed by atoms with Gasteiger partial charge in [-0.3, -0.25) is 4.79 Å². The maximum atomic E-state index is 11.3. The van der Waals surface area contributed by atoms with Crippen molar-refractivity contribution in [3.63, 3.8) is 0 Å². The number of likely N-dealkylation sites (N-methyl/N-ethyl adjacent to an activating group) is 1. The van der Waals surface area contributed by atoms with Crippen molar-refractivity contribution in [3.8, 4) is 0 Å². The number of nitrogens with two attached hydrogens (primary N) is 2. The van der Waals surface area contributed by atoms with Crippen molar-refractivity contribution >= 4 is 11.9 Å². The van der Waals surface area contributed by atoms with Crippen LogP contribution in [0.3, 0.4) is 0 Å². The lowest BCUT2D eigenvalue weighted by atomic mass is 9.75. The topological polar surface area (TPSA) is 114 Å². The van der Waals surface area contributed by atoms with E-state index in [-0.39, 0.29) is 5.96 Å². The minimum Gasteiger partial charge on any atom is -0.480 e. The van der Waals surface area contributed by atoms with E-state index >= 15 is 0 Å². The summed E-state index contributed by atoms with van der Waals surface area (Å²) in [7, 11) is 0. The van der Waals surface area contributed by atoms with E-state index in [4.69, 9.17) is 11.5 Å². The Morgan fingerprint density at radius 1 is 1.33 bits per heavy atom. The standard InChI is InChI=1S/C12H26N4O2/c1-6-15-8(9(17)18)11(2,3)7-12(4,5)16-10(13)14/h8,15H,6-7H2,1-5H3,(H,17,18)(H4,13,14,16). The van der Waals surface area contributed by atoms with Crippen LogP contribution in [-0.4, -0.2) is 35.2 Å². The zero-order chi connectivity index (χ0) is 14.6. The first-order chi connectivity index (χ1) is 8.02. The summed E-state index contributed by atoms with van der Waals surface area (Å²) < 4.78 is 0. The fourth-order valence-corrected chi connectivity index (χ4v) is 2.51. The first kappa shape index (κ1) is 16.7. The molecule has 0 aromatic rings. The lowest BCUT2D eigenvalue weighted by Crippen LogP contribution is -2.50. The minimum atomic E-state index is -0.859. The van der Waals surface area contributed by atoms with Crippen LogP contribution in [0.5, 0.6) is 0 Å². The molecule has 0 aliphatic carbocycles. The van der Waals surface area contributed by atoms with E-state index in [0.717, 1.165) is 0 Å². The van der Waals surface area contributed by atoms with E-state index in [1.807, 2.05) is 34.6 Å². The zero-order valence-electron chi connectivity index (χ0n) is 11.9. The third-order valence-electron chi connectivity index (χ3n) is 2.76. The number of hydrogen-bond donors (Lipinski definition) is 4. The highest BCUT2D eigenvalue weighted by molar-refractivity contribution is 5.76. The van der Waals surface area contributed by atoms with Crippen LogP contribution >= 0.6 is 0 Å². The molecule has 0 saturated heterocycles. The summed E-state index contributed by atoms with van der Waals surface area (Å²) in [5, 5.41) is 12.3. The van der Waals surface area contributed by atoms with Gasteiger partial charge in [0.1, 0.15) is 6.04 Å². The Balaban J connectivity index is 5.01. The molecule has 6 heteroatoms. The smallest absolute Gasteiger partial charge is 0.321 e. The summed E-state index contributed by atoms with van der Waals surface area (Å²) in [6.07, 6.45) is 0.557. The van der Waals surface area contributed by atoms with Crippen LogP contribution in [0.2, 0.25) is 0 Å². The van der Waals surface area contributed by atoms with Crippen molar-refractivity contribution in [1.82, 2.24) is 5.32 Å². The second kappa shape index (κ2) is 6.04. The van der Waals surface area contributed by atoms with Crippen molar-refractivity contribution in [2.75, 3.05) is 6.54 Å². The van der Waals surface area contributed by atoms with E-state index in [1.165, 1.54) is 0 Å². The van der Waals surface area contributed by atoms with Gasteiger partial charge in [0.05, 0.1) is 5.54 Å². The van der Waals surface area contributed by atoms with Crippen molar-refractivity contribution in [2.45, 2.75) is 52.6 Å². The minimum absolute atomic E-state index is 0.0196. The molecule has 0 fully saturated rings. The first-order valence-corrected chi connectivity index (χ1v) is 6.09. The second-order valence-corrected chi connectivity index (χ2v) is 5.84. The van der Waals surface area contributed by atoms with E-state index in [2.05, 4.69) is 10.3 Å². The SMILES string of the molecule is CCNC(C(=O)O)C(C)(C)CC(C)(C)N=C(N)N. The van der Waals surface area contributed by atoms with Crippen LogP contribution in [0.4, 0.5) is 0 Å². The molecule has 6 nitrogen and oxygen atoms in total. The number of nitrogens with zero attached hydrogens (tertiary/aromatic N) is 1. The average Bonchev–Trinajstić information content (AvgIpc) is 2.08. The quantitative estimate of drug-likeness (QED) is 0.392. The Bertz CT molecular complexity index is 320. The largest absolute Gasteiger partial charge is 0.480 e. The van der Waals surface area contributed by atoms with Gasteiger partial charge in [-0.2, -0.15) is 0 Å². The predicted octanol–water partition coefficient (Wildman–Crippen LogP) is 0.517. The Labute approximate surface area is 109 Å². The third-order valence-corrected chi connectivity index (χ3v) is 2.76. The fraction of sp³-hybridized carbons (Fsp3) is 0.833. The molecule has 0 radical (unpaired) electrons. The molecule has 0 saturated carbocycles. The molecule has 1 unspecified atom stereocenters. The van der Waals surface area contributed by atoms with Crippen LogP contribution in [0, 0.1) is 5.41 Å². The van der Waals surface area contributed by atoms with E-state index in [1.54, 1.807) is 0 Å². The first-order valence-electron chi connectivity index (χ1n) is 6.09. The monoisotopic (exact) mass is 258 g/mol. The van der Waals surface area contributed by atoms with Crippen molar-refractivity contribution < 1.29 is 9.90 Å². The van der Waals surface area contributed by atoms with Crippen molar-refractivity contribution in [1.29, 1.82) is 0 Å². The van der Waals surface area contributed by atoms with Gasteiger partial charge >= 0.3 is 5.97 Å². The van der Waals surface area contributed by atoms with Crippen LogP contribution < -0.4 is 16.8 Å². The van der Waals surface area contributed by atoms with Gasteiger partial charge in [-0.05, 0) is 32.2 Å². The summed E-state index contributed by atoms with van der Waals surface area (Å²) in [6, 6.07) is -0.629. The molecule has 0 amide bonds. The highest BCUT2D eigenvalue weighted by Crippen LogP contribution is 2.33. The van der Waals surface area contributed by atoms with Crippen LogP contribution in [0.1, 0.15) is 41.0 Å². The van der Waals surface area contributed by atoms with Crippen LogP contribution in [0.15, 0.2) is 4.99 Å². The number of aliphatic carboxylic acids is 1. The molecule has 0 rings (SSSR count). The van der Waals surface area contributed by atoms with Gasteiger partial charge in [-0.25, -0.2) is 4.99 Å². The number of rotatable bonds is 7. The lowest BCUT2D eigenvalue weighted by Gasteiger charge is -2.37. The van der Waals surface area contributed by atoms with Gasteiger partial charge in [-0.1, -0.05) is 20.8 Å². The molecule has 0 aromatic carbocycles. The van der Waals surface area contributed by atoms with Crippen molar-refractivity contribution in [2.24, 2.45) is 21.9 Å². The number of carboxylic acid groups (broad SMARTS) is 1. The maximum Gasteiger partial charge on any atom is 0.321 e. The number of hydrogen-bond acceptors (Lipinski definition) is 3. The summed E-state index contributed by atoms with van der Waals surface area (Å²) >= 11 is 0. The Morgan fingerprint density at radius 3 is 2.17 bits per heavy atom. The molecule has 0 aliphatic heterocycles. The normalized spacial score (nSPS) is 14.1. The molecular formula is C12H26N4O2. The van der Waals surface area contributed by atoms with E-state index < -0.39 is 23.0 Å². The second-order valence-electron chi connectivity index (χ2n) is 5.84. The molecule has 0 bridgehead atoms. The fourth-order valence-electron chi connectivity index (χ4n) is 2.51. The third kappa shape index (κ3) is 5.35. The summed E-state index contributed by atoms with van der Waals surface area (Å²) in [5.41, 5.74) is 9.81. The Hall–Kier alpha value is -1.30. The van der Waals surface area contributed by atoms with Crippen LogP contribution in [0.25, 0.3) is 0 Å². The zero-order valence-corrected chi connectivity index (χ0v) is 11.9. The number of carbonyl (C=O) groups is 1. The van der Waals surface area contributed by atoms with E-state index in [9.17, 15) is 9.90 Å². The van der Waals surface area contributed by atoms with Gasteiger partial charge in [0.15, 0.2) is 5.96 Å². The Kier molecular flexibility index (Phi) is 5.60. The summed E-state index contributed by atoms with van der Waals surface area (Å²) in [4.78, 5) is 15.4. The number of carboxylic acids is 1. The molecular weight excluding hydrogens is 232 g/mol. The number of aliphatic imine (C=N–C) groups is 1. The number of nitrogens with one attached hydrogen (secondary N) is 1. The maximum absolute atomic E-state index is 11.3. The molecule has 6 N–H and O–H groups in total. The Morgan fingerprint density at radius 2 is 1.83 bits per heavy atom. The predicted molar refractivity (Wildman–Crippen MR) is 73.4 cm³/mol. The molecule has 1 atom stereocenters. The van der Waals surface area contributed by atoms with Gasteiger partial charge in [0.2, 0.25) is 0 Å². The molecule has 106 valence electrons. The van der Waals surface area contributed by atoms with Crippen LogP contribution in [-0.2, 0) is 4.79 Å². The van der Waals surface area contributed by atoms with Gasteiger partial charge < -0.3 is 21.9 Å². The molecule has 0 heterocycles. The molecule has 0 aromatic heterocycles. The average molecular weight is 258 g/mol. The van der Waals surface area contributed by atoms with Crippen molar-refractivity contribution in [3.05, 3.63) is 0 Å². The number of guanidine groups is 1. The summed E-state index contributed by atoms with van der Waals surface area (Å²) in [6.45, 7) is 10.1. The van der Waals surface area contributed by atoms with Gasteiger partial charge in [0, 0.05) is 0 Å². The molecule has 0 spiro atoms. The summed E-state index contributed by atoms with van der Waals surface area (Å²) in [5.74, 6) is -0.839.